The molecule has 84 valence electrons. The fourth-order valence-corrected chi connectivity index (χ4v) is 1.90. The Kier molecular flexibility index (Phi) is 4.15. The summed E-state index contributed by atoms with van der Waals surface area (Å²) in [5.41, 5.74) is 9.51. The lowest BCUT2D eigenvalue weighted by Crippen LogP contribution is -2.15. The third-order valence-electron chi connectivity index (χ3n) is 2.61. The molecular formula is C13H21NO. The lowest BCUT2D eigenvalue weighted by molar-refractivity contribution is 0.408. The molecule has 0 fully saturated rings. The first-order valence-electron chi connectivity index (χ1n) is 5.44. The topological polar surface area (TPSA) is 35.2 Å². The van der Waals surface area contributed by atoms with Crippen molar-refractivity contribution < 1.29 is 4.74 Å². The predicted octanol–water partition coefficient (Wildman–Crippen LogP) is 2.59. The average molecular weight is 207 g/mol. The van der Waals surface area contributed by atoms with Crippen LogP contribution in [0.1, 0.15) is 30.0 Å². The van der Waals surface area contributed by atoms with Crippen LogP contribution in [0, 0.1) is 13.8 Å². The van der Waals surface area contributed by atoms with Gasteiger partial charge in [-0.1, -0.05) is 12.1 Å². The van der Waals surface area contributed by atoms with Crippen LogP contribution in [0.5, 0.6) is 5.75 Å². The van der Waals surface area contributed by atoms with E-state index >= 15 is 0 Å². The summed E-state index contributed by atoms with van der Waals surface area (Å²) in [5, 5.41) is 0. The summed E-state index contributed by atoms with van der Waals surface area (Å²) in [6, 6.07) is 4.65. The van der Waals surface area contributed by atoms with Gasteiger partial charge in [0.1, 0.15) is 5.75 Å². The maximum Gasteiger partial charge on any atom is 0.124 e. The Morgan fingerprint density at radius 2 is 1.80 bits per heavy atom. The number of methoxy groups -OCH3 is 1. The third kappa shape index (κ3) is 3.24. The van der Waals surface area contributed by atoms with Gasteiger partial charge in [0, 0.05) is 6.04 Å². The molecule has 2 heteroatoms. The van der Waals surface area contributed by atoms with E-state index in [2.05, 4.69) is 26.0 Å². The molecule has 1 unspecified atom stereocenters. The normalized spacial score (nSPS) is 12.6. The van der Waals surface area contributed by atoms with Crippen LogP contribution in [0.15, 0.2) is 12.1 Å². The molecular weight excluding hydrogens is 186 g/mol. The molecule has 1 rings (SSSR count). The van der Waals surface area contributed by atoms with E-state index in [0.29, 0.717) is 0 Å². The molecule has 1 aromatic rings. The highest BCUT2D eigenvalue weighted by Crippen LogP contribution is 2.24. The lowest BCUT2D eigenvalue weighted by Gasteiger charge is -2.12. The van der Waals surface area contributed by atoms with Crippen molar-refractivity contribution in [3.05, 3.63) is 28.8 Å². The molecule has 0 aliphatic rings. The molecule has 0 amide bonds. The van der Waals surface area contributed by atoms with Crippen LogP contribution >= 0.6 is 0 Å². The Morgan fingerprint density at radius 3 is 2.20 bits per heavy atom. The molecule has 0 heterocycles. The molecule has 1 aromatic carbocycles. The zero-order valence-electron chi connectivity index (χ0n) is 10.1. The highest BCUT2D eigenvalue weighted by atomic mass is 16.5. The molecule has 0 bridgehead atoms. The van der Waals surface area contributed by atoms with Gasteiger partial charge >= 0.3 is 0 Å². The van der Waals surface area contributed by atoms with E-state index in [-0.39, 0.29) is 6.04 Å². The van der Waals surface area contributed by atoms with E-state index < -0.39 is 0 Å². The zero-order chi connectivity index (χ0) is 11.4. The number of ether oxygens (including phenoxy) is 1. The van der Waals surface area contributed by atoms with E-state index in [1.54, 1.807) is 7.11 Å². The Balaban J connectivity index is 2.84. The summed E-state index contributed by atoms with van der Waals surface area (Å²) in [7, 11) is 1.72. The van der Waals surface area contributed by atoms with E-state index in [1.165, 1.54) is 16.7 Å². The lowest BCUT2D eigenvalue weighted by atomic mass is 10.0. The van der Waals surface area contributed by atoms with Crippen molar-refractivity contribution in [2.24, 2.45) is 5.73 Å². The second-order valence-electron chi connectivity index (χ2n) is 4.28. The fraction of sp³-hybridized carbons (Fsp3) is 0.538. The van der Waals surface area contributed by atoms with Crippen molar-refractivity contribution in [3.8, 4) is 5.75 Å². The molecule has 1 atom stereocenters. The van der Waals surface area contributed by atoms with Gasteiger partial charge in [0.05, 0.1) is 7.11 Å². The average Bonchev–Trinajstić information content (AvgIpc) is 2.14. The van der Waals surface area contributed by atoms with Crippen LogP contribution in [0.4, 0.5) is 0 Å². The maximum atomic E-state index is 5.75. The fourth-order valence-electron chi connectivity index (χ4n) is 1.90. The van der Waals surface area contributed by atoms with E-state index in [0.717, 1.165) is 18.6 Å². The van der Waals surface area contributed by atoms with E-state index in [9.17, 15) is 0 Å². The molecule has 2 nitrogen and oxygen atoms in total. The Labute approximate surface area is 92.4 Å². The van der Waals surface area contributed by atoms with Crippen molar-refractivity contribution >= 4 is 0 Å². The standard InChI is InChI=1S/C13H21NO/c1-9-7-12(6-5-11(3)14)8-10(2)13(9)15-4/h7-8,11H,5-6,14H2,1-4H3. The van der Waals surface area contributed by atoms with E-state index in [1.807, 2.05) is 6.92 Å². The molecule has 0 saturated carbocycles. The number of hydrogen-bond donors (Lipinski definition) is 1. The van der Waals surface area contributed by atoms with Crippen molar-refractivity contribution in [3.63, 3.8) is 0 Å². The first-order valence-corrected chi connectivity index (χ1v) is 5.44. The summed E-state index contributed by atoms with van der Waals surface area (Å²) in [5.74, 6) is 1.000. The highest BCUT2D eigenvalue weighted by Gasteiger charge is 2.05. The first kappa shape index (κ1) is 12.1. The molecule has 0 saturated heterocycles. The minimum Gasteiger partial charge on any atom is -0.496 e. The Bertz CT molecular complexity index is 308. The van der Waals surface area contributed by atoms with Crippen LogP contribution in [0.3, 0.4) is 0 Å². The largest absolute Gasteiger partial charge is 0.496 e. The van der Waals surface area contributed by atoms with Gasteiger partial charge in [-0.05, 0) is 50.3 Å². The van der Waals surface area contributed by atoms with Crippen molar-refractivity contribution in [1.82, 2.24) is 0 Å². The smallest absolute Gasteiger partial charge is 0.124 e. The predicted molar refractivity (Wildman–Crippen MR) is 64.4 cm³/mol. The summed E-state index contributed by atoms with van der Waals surface area (Å²) >= 11 is 0. The van der Waals surface area contributed by atoms with Gasteiger partial charge in [-0.15, -0.1) is 0 Å². The Morgan fingerprint density at radius 1 is 1.27 bits per heavy atom. The summed E-state index contributed by atoms with van der Waals surface area (Å²) in [4.78, 5) is 0. The first-order chi connectivity index (χ1) is 7.04. The third-order valence-corrected chi connectivity index (χ3v) is 2.61. The maximum absolute atomic E-state index is 5.75. The SMILES string of the molecule is COc1c(C)cc(CCC(C)N)cc1C. The van der Waals surface area contributed by atoms with Gasteiger partial charge in [0.25, 0.3) is 0 Å². The van der Waals surface area contributed by atoms with Crippen molar-refractivity contribution in [2.45, 2.75) is 39.7 Å². The van der Waals surface area contributed by atoms with Crippen molar-refractivity contribution in [1.29, 1.82) is 0 Å². The molecule has 0 spiro atoms. The molecule has 2 N–H and O–H groups in total. The second-order valence-corrected chi connectivity index (χ2v) is 4.28. The van der Waals surface area contributed by atoms with Gasteiger partial charge < -0.3 is 10.5 Å². The summed E-state index contributed by atoms with van der Waals surface area (Å²) in [6.07, 6.45) is 2.08. The monoisotopic (exact) mass is 207 g/mol. The highest BCUT2D eigenvalue weighted by molar-refractivity contribution is 5.43. The van der Waals surface area contributed by atoms with Crippen LogP contribution in [-0.2, 0) is 6.42 Å². The van der Waals surface area contributed by atoms with Crippen LogP contribution in [-0.4, -0.2) is 13.2 Å². The minimum absolute atomic E-state index is 0.271. The number of rotatable bonds is 4. The van der Waals surface area contributed by atoms with Gasteiger partial charge in [0.2, 0.25) is 0 Å². The van der Waals surface area contributed by atoms with Gasteiger partial charge in [0.15, 0.2) is 0 Å². The summed E-state index contributed by atoms with van der Waals surface area (Å²) in [6.45, 7) is 6.21. The van der Waals surface area contributed by atoms with Crippen LogP contribution < -0.4 is 10.5 Å². The number of nitrogens with two attached hydrogens (primary N) is 1. The summed E-state index contributed by atoms with van der Waals surface area (Å²) < 4.78 is 5.33. The minimum atomic E-state index is 0.271. The van der Waals surface area contributed by atoms with Gasteiger partial charge in [-0.25, -0.2) is 0 Å². The van der Waals surface area contributed by atoms with Gasteiger partial charge in [-0.3, -0.25) is 0 Å². The molecule has 0 aliphatic carbocycles. The number of benzene rings is 1. The van der Waals surface area contributed by atoms with E-state index in [4.69, 9.17) is 10.5 Å². The molecule has 15 heavy (non-hydrogen) atoms. The van der Waals surface area contributed by atoms with Crippen molar-refractivity contribution in [2.75, 3.05) is 7.11 Å². The van der Waals surface area contributed by atoms with Gasteiger partial charge in [-0.2, -0.15) is 0 Å². The zero-order valence-corrected chi connectivity index (χ0v) is 10.1. The number of aryl methyl sites for hydroxylation is 3. The quantitative estimate of drug-likeness (QED) is 0.823. The number of hydrogen-bond acceptors (Lipinski definition) is 2. The Hall–Kier alpha value is -1.02. The van der Waals surface area contributed by atoms with Crippen LogP contribution in [0.2, 0.25) is 0 Å². The molecule has 0 radical (unpaired) electrons. The molecule has 0 aromatic heterocycles. The molecule has 0 aliphatic heterocycles. The van der Waals surface area contributed by atoms with Crippen LogP contribution in [0.25, 0.3) is 0 Å². The second kappa shape index (κ2) is 5.17.